The van der Waals surface area contributed by atoms with Crippen molar-refractivity contribution in [3.05, 3.63) is 58.7 Å². The minimum atomic E-state index is 0.0422. The van der Waals surface area contributed by atoms with Crippen LogP contribution < -0.4 is 0 Å². The van der Waals surface area contributed by atoms with Gasteiger partial charge in [0.15, 0.2) is 12.6 Å². The van der Waals surface area contributed by atoms with E-state index in [0.29, 0.717) is 23.7 Å². The van der Waals surface area contributed by atoms with Gasteiger partial charge in [0.2, 0.25) is 0 Å². The summed E-state index contributed by atoms with van der Waals surface area (Å²) in [5.41, 5.74) is 2.61. The van der Waals surface area contributed by atoms with Crippen molar-refractivity contribution in [1.29, 1.82) is 0 Å². The first kappa shape index (κ1) is 15.4. The number of rotatable bonds is 2. The summed E-state index contributed by atoms with van der Waals surface area (Å²) in [5, 5.41) is 18.1. The molecule has 2 aromatic carbocycles. The Labute approximate surface area is 117 Å². The number of hydrogen-bond donors (Lipinski definition) is 2. The van der Waals surface area contributed by atoms with Crippen LogP contribution in [0.15, 0.2) is 36.4 Å². The Morgan fingerprint density at radius 3 is 1.80 bits per heavy atom. The Bertz CT molecular complexity index is 618. The molecule has 0 aromatic heterocycles. The summed E-state index contributed by atoms with van der Waals surface area (Å²) in [6.45, 7) is 3.72. The molecule has 0 fully saturated rings. The lowest BCUT2D eigenvalue weighted by atomic mass is 10.1. The maximum Gasteiger partial charge on any atom is 0.153 e. The molecule has 0 saturated heterocycles. The van der Waals surface area contributed by atoms with Crippen molar-refractivity contribution in [1.82, 2.24) is 0 Å². The van der Waals surface area contributed by atoms with Crippen LogP contribution in [0, 0.1) is 13.8 Å². The van der Waals surface area contributed by atoms with Crippen LogP contribution in [0.25, 0.3) is 0 Å². The first-order valence-electron chi connectivity index (χ1n) is 5.97. The molecule has 4 heteroatoms. The van der Waals surface area contributed by atoms with Gasteiger partial charge in [-0.2, -0.15) is 0 Å². The third-order valence-electron chi connectivity index (χ3n) is 2.62. The van der Waals surface area contributed by atoms with E-state index < -0.39 is 0 Å². The molecule has 20 heavy (non-hydrogen) atoms. The van der Waals surface area contributed by atoms with Gasteiger partial charge >= 0.3 is 0 Å². The largest absolute Gasteiger partial charge is 0.507 e. The minimum absolute atomic E-state index is 0.0422. The summed E-state index contributed by atoms with van der Waals surface area (Å²) in [6.07, 6.45) is 1.27. The highest BCUT2D eigenvalue weighted by Gasteiger charge is 1.97. The van der Waals surface area contributed by atoms with E-state index in [1.165, 1.54) is 6.07 Å². The molecule has 0 saturated carbocycles. The number of phenols is 2. The SMILES string of the molecule is Cc1ccc(C=O)c(O)c1.Cc1ccc(O)c(C=O)c1. The van der Waals surface area contributed by atoms with Crippen molar-refractivity contribution < 1.29 is 19.8 Å². The van der Waals surface area contributed by atoms with Crippen LogP contribution in [-0.2, 0) is 0 Å². The standard InChI is InChI=1S/2C8H8O2/c1-6-2-3-8(10)7(4-6)5-9;1-6-2-3-7(5-9)8(10)4-6/h2*2-5,10H,1H3. The normalized spacial score (nSPS) is 9.30. The van der Waals surface area contributed by atoms with Crippen molar-refractivity contribution in [2.24, 2.45) is 0 Å². The summed E-state index contributed by atoms with van der Waals surface area (Å²) in [6, 6.07) is 9.84. The Morgan fingerprint density at radius 1 is 0.750 bits per heavy atom. The minimum Gasteiger partial charge on any atom is -0.507 e. The number of aldehydes is 2. The second-order valence-electron chi connectivity index (χ2n) is 4.36. The van der Waals surface area contributed by atoms with Crippen LogP contribution in [0.4, 0.5) is 0 Å². The van der Waals surface area contributed by atoms with Crippen molar-refractivity contribution >= 4 is 12.6 Å². The summed E-state index contributed by atoms with van der Waals surface area (Å²) >= 11 is 0. The maximum atomic E-state index is 10.2. The topological polar surface area (TPSA) is 74.6 Å². The monoisotopic (exact) mass is 272 g/mol. The molecule has 0 aliphatic rings. The number of phenolic OH excluding ortho intramolecular Hbond substituents is 2. The van der Waals surface area contributed by atoms with E-state index in [4.69, 9.17) is 10.2 Å². The number of aromatic hydroxyl groups is 2. The zero-order chi connectivity index (χ0) is 15.1. The van der Waals surface area contributed by atoms with E-state index in [2.05, 4.69) is 0 Å². The molecule has 4 nitrogen and oxygen atoms in total. The summed E-state index contributed by atoms with van der Waals surface area (Å²) in [4.78, 5) is 20.4. The molecule has 0 aliphatic heterocycles. The van der Waals surface area contributed by atoms with Crippen LogP contribution in [0.1, 0.15) is 31.8 Å². The van der Waals surface area contributed by atoms with Crippen LogP contribution >= 0.6 is 0 Å². The fourth-order valence-corrected chi connectivity index (χ4v) is 1.52. The van der Waals surface area contributed by atoms with Gasteiger partial charge in [-0.15, -0.1) is 0 Å². The smallest absolute Gasteiger partial charge is 0.153 e. The number of hydrogen-bond acceptors (Lipinski definition) is 4. The van der Waals surface area contributed by atoms with E-state index in [0.717, 1.165) is 11.1 Å². The van der Waals surface area contributed by atoms with Gasteiger partial charge in [0.25, 0.3) is 0 Å². The number of carbonyl (C=O) groups is 2. The quantitative estimate of drug-likeness (QED) is 0.824. The predicted molar refractivity (Wildman–Crippen MR) is 76.5 cm³/mol. The molecule has 0 amide bonds. The molecule has 2 N–H and O–H groups in total. The van der Waals surface area contributed by atoms with Gasteiger partial charge in [-0.25, -0.2) is 0 Å². The average molecular weight is 272 g/mol. The zero-order valence-corrected chi connectivity index (χ0v) is 11.3. The third kappa shape index (κ3) is 4.24. The van der Waals surface area contributed by atoms with Gasteiger partial charge in [-0.05, 0) is 43.7 Å². The van der Waals surface area contributed by atoms with E-state index in [9.17, 15) is 9.59 Å². The van der Waals surface area contributed by atoms with Crippen molar-refractivity contribution in [3.8, 4) is 11.5 Å². The molecule has 2 aromatic rings. The average Bonchev–Trinajstić information content (AvgIpc) is 2.42. The third-order valence-corrected chi connectivity index (χ3v) is 2.62. The molecule has 0 heterocycles. The lowest BCUT2D eigenvalue weighted by Crippen LogP contribution is -1.81. The van der Waals surface area contributed by atoms with Crippen LogP contribution in [0.5, 0.6) is 11.5 Å². The van der Waals surface area contributed by atoms with Gasteiger partial charge in [0.1, 0.15) is 11.5 Å². The number of aryl methyl sites for hydroxylation is 2. The van der Waals surface area contributed by atoms with E-state index >= 15 is 0 Å². The first-order valence-corrected chi connectivity index (χ1v) is 5.97. The Balaban J connectivity index is 0.000000200. The highest BCUT2D eigenvalue weighted by atomic mass is 16.3. The Hall–Kier alpha value is -2.62. The van der Waals surface area contributed by atoms with Gasteiger partial charge in [-0.3, -0.25) is 9.59 Å². The van der Waals surface area contributed by atoms with Crippen molar-refractivity contribution in [3.63, 3.8) is 0 Å². The van der Waals surface area contributed by atoms with E-state index in [1.807, 2.05) is 13.8 Å². The van der Waals surface area contributed by atoms with Gasteiger partial charge in [-0.1, -0.05) is 17.7 Å². The van der Waals surface area contributed by atoms with Crippen LogP contribution in [0.3, 0.4) is 0 Å². The molecular weight excluding hydrogens is 256 g/mol. The van der Waals surface area contributed by atoms with E-state index in [-0.39, 0.29) is 11.5 Å². The second kappa shape index (κ2) is 7.09. The van der Waals surface area contributed by atoms with Crippen LogP contribution in [-0.4, -0.2) is 22.8 Å². The second-order valence-corrected chi connectivity index (χ2v) is 4.36. The molecule has 0 atom stereocenters. The summed E-state index contributed by atoms with van der Waals surface area (Å²) in [5.74, 6) is 0.0931. The van der Waals surface area contributed by atoms with Crippen molar-refractivity contribution in [2.75, 3.05) is 0 Å². The fourth-order valence-electron chi connectivity index (χ4n) is 1.52. The molecule has 0 unspecified atom stereocenters. The van der Waals surface area contributed by atoms with Gasteiger partial charge in [0.05, 0.1) is 11.1 Å². The summed E-state index contributed by atoms with van der Waals surface area (Å²) < 4.78 is 0. The highest BCUT2D eigenvalue weighted by molar-refractivity contribution is 5.79. The number of carbonyl (C=O) groups excluding carboxylic acids is 2. The lowest BCUT2D eigenvalue weighted by molar-refractivity contribution is 0.111. The molecule has 0 spiro atoms. The Morgan fingerprint density at radius 2 is 1.30 bits per heavy atom. The first-order chi connectivity index (χ1) is 9.47. The predicted octanol–water partition coefficient (Wildman–Crippen LogP) is 3.03. The van der Waals surface area contributed by atoms with Gasteiger partial charge in [0, 0.05) is 0 Å². The lowest BCUT2D eigenvalue weighted by Gasteiger charge is -1.96. The molecule has 0 bridgehead atoms. The molecular formula is C16H16O4. The summed E-state index contributed by atoms with van der Waals surface area (Å²) in [7, 11) is 0. The zero-order valence-electron chi connectivity index (χ0n) is 11.3. The molecule has 104 valence electrons. The van der Waals surface area contributed by atoms with E-state index in [1.54, 1.807) is 30.3 Å². The van der Waals surface area contributed by atoms with Crippen LogP contribution in [0.2, 0.25) is 0 Å². The molecule has 0 aliphatic carbocycles. The molecule has 2 rings (SSSR count). The maximum absolute atomic E-state index is 10.2. The van der Waals surface area contributed by atoms with Gasteiger partial charge < -0.3 is 10.2 Å². The van der Waals surface area contributed by atoms with Crippen molar-refractivity contribution in [2.45, 2.75) is 13.8 Å². The molecule has 0 radical (unpaired) electrons. The Kier molecular flexibility index (Phi) is 5.47. The number of benzene rings is 2. The highest BCUT2D eigenvalue weighted by Crippen LogP contribution is 2.16. The fraction of sp³-hybridized carbons (Fsp3) is 0.125.